The molecule has 7 nitrogen and oxygen atoms in total. The third-order valence-electron chi connectivity index (χ3n) is 5.16. The van der Waals surface area contributed by atoms with Crippen LogP contribution in [-0.2, 0) is 6.54 Å². The van der Waals surface area contributed by atoms with E-state index in [-0.39, 0.29) is 11.2 Å². The zero-order valence-electron chi connectivity index (χ0n) is 15.8. The van der Waals surface area contributed by atoms with Crippen molar-refractivity contribution in [2.45, 2.75) is 6.54 Å². The van der Waals surface area contributed by atoms with Crippen molar-refractivity contribution in [1.29, 1.82) is 0 Å². The molecule has 0 radical (unpaired) electrons. The third kappa shape index (κ3) is 3.02. The summed E-state index contributed by atoms with van der Waals surface area (Å²) in [6.45, 7) is 0.538. The summed E-state index contributed by atoms with van der Waals surface area (Å²) < 4.78 is 2.06. The van der Waals surface area contributed by atoms with Crippen LogP contribution in [-0.4, -0.2) is 19.5 Å². The molecule has 2 aromatic heterocycles. The number of benzene rings is 3. The van der Waals surface area contributed by atoms with Gasteiger partial charge in [0.1, 0.15) is 5.82 Å². The number of nitrogens with one attached hydrogen (secondary N) is 1. The summed E-state index contributed by atoms with van der Waals surface area (Å²) in [4.78, 5) is 30.6. The number of aromatic amines is 1. The zero-order chi connectivity index (χ0) is 20.7. The van der Waals surface area contributed by atoms with Gasteiger partial charge in [0, 0.05) is 41.3 Å². The molecule has 0 saturated heterocycles. The second kappa shape index (κ2) is 6.97. The Kier molecular flexibility index (Phi) is 4.14. The molecular formula is C23H16N4O3. The van der Waals surface area contributed by atoms with E-state index < -0.39 is 4.92 Å². The maximum Gasteiger partial charge on any atom is 0.269 e. The van der Waals surface area contributed by atoms with Gasteiger partial charge in [0.2, 0.25) is 0 Å². The number of rotatable bonds is 4. The number of hydrogen-bond acceptors (Lipinski definition) is 4. The summed E-state index contributed by atoms with van der Waals surface area (Å²) in [5.74, 6) is 0.511. The zero-order valence-corrected chi connectivity index (χ0v) is 15.8. The Morgan fingerprint density at radius 1 is 0.933 bits per heavy atom. The fourth-order valence-corrected chi connectivity index (χ4v) is 3.70. The van der Waals surface area contributed by atoms with E-state index >= 15 is 0 Å². The highest BCUT2D eigenvalue weighted by molar-refractivity contribution is 5.95. The average Bonchev–Trinajstić information content (AvgIpc) is 3.13. The maximum atomic E-state index is 12.5. The SMILES string of the molecule is O=c1[nH]c(-c2cn(Cc3ccc([N+](=O)[O-])cc3)c3ccccc23)nc2ccccc12. The molecular weight excluding hydrogens is 380 g/mol. The van der Waals surface area contributed by atoms with Crippen LogP contribution < -0.4 is 5.56 Å². The molecule has 5 aromatic rings. The molecule has 0 bridgehead atoms. The molecule has 0 saturated carbocycles. The summed E-state index contributed by atoms with van der Waals surface area (Å²) in [5.41, 5.74) is 3.28. The molecule has 3 aromatic carbocycles. The van der Waals surface area contributed by atoms with E-state index in [0.29, 0.717) is 23.3 Å². The van der Waals surface area contributed by atoms with Gasteiger partial charge in [0.25, 0.3) is 11.2 Å². The van der Waals surface area contributed by atoms with Crippen LogP contribution in [0.3, 0.4) is 0 Å². The Labute approximate surface area is 170 Å². The highest BCUT2D eigenvalue weighted by Gasteiger charge is 2.14. The molecule has 0 aliphatic heterocycles. The standard InChI is InChI=1S/C23H16N4O3/c28-23-18-6-1-3-7-20(18)24-22(25-23)19-14-26(21-8-4-2-5-17(19)21)13-15-9-11-16(12-10-15)27(29)30/h1-12,14H,13H2,(H,24,25,28). The molecule has 5 rings (SSSR count). The molecule has 0 unspecified atom stereocenters. The van der Waals surface area contributed by atoms with E-state index in [9.17, 15) is 14.9 Å². The molecule has 1 N–H and O–H groups in total. The van der Waals surface area contributed by atoms with Crippen LogP contribution in [0.5, 0.6) is 0 Å². The van der Waals surface area contributed by atoms with E-state index in [4.69, 9.17) is 0 Å². The molecule has 0 aliphatic carbocycles. The molecule has 0 spiro atoms. The topological polar surface area (TPSA) is 93.8 Å². The van der Waals surface area contributed by atoms with Crippen LogP contribution in [0.25, 0.3) is 33.2 Å². The summed E-state index contributed by atoms with van der Waals surface area (Å²) >= 11 is 0. The quantitative estimate of drug-likeness (QED) is 0.357. The molecule has 7 heteroatoms. The number of nitro benzene ring substituents is 1. The largest absolute Gasteiger partial charge is 0.342 e. The summed E-state index contributed by atoms with van der Waals surface area (Å²) in [6.07, 6.45) is 1.96. The number of nitrogens with zero attached hydrogens (tertiary/aromatic N) is 3. The number of H-pyrrole nitrogens is 1. The van der Waals surface area contributed by atoms with Crippen molar-refractivity contribution in [2.24, 2.45) is 0 Å². The van der Waals surface area contributed by atoms with Gasteiger partial charge in [-0.3, -0.25) is 14.9 Å². The van der Waals surface area contributed by atoms with Crippen molar-refractivity contribution in [1.82, 2.24) is 14.5 Å². The first-order valence-corrected chi connectivity index (χ1v) is 9.41. The van der Waals surface area contributed by atoms with Gasteiger partial charge < -0.3 is 9.55 Å². The molecule has 146 valence electrons. The predicted octanol–water partition coefficient (Wildman–Crippen LogP) is 4.50. The Hall–Kier alpha value is -4.26. The normalized spacial score (nSPS) is 11.2. The predicted molar refractivity (Wildman–Crippen MR) is 115 cm³/mol. The van der Waals surface area contributed by atoms with Crippen molar-refractivity contribution < 1.29 is 4.92 Å². The Morgan fingerprint density at radius 3 is 2.40 bits per heavy atom. The van der Waals surface area contributed by atoms with Gasteiger partial charge >= 0.3 is 0 Å². The number of aromatic nitrogens is 3. The molecule has 0 aliphatic rings. The highest BCUT2D eigenvalue weighted by Crippen LogP contribution is 2.29. The van der Waals surface area contributed by atoms with E-state index in [1.54, 1.807) is 18.2 Å². The molecule has 2 heterocycles. The second-order valence-electron chi connectivity index (χ2n) is 7.04. The maximum absolute atomic E-state index is 12.5. The molecule has 0 amide bonds. The van der Waals surface area contributed by atoms with Gasteiger partial charge in [-0.05, 0) is 23.8 Å². The van der Waals surface area contributed by atoms with Crippen LogP contribution in [0, 0.1) is 10.1 Å². The smallest absolute Gasteiger partial charge is 0.269 e. The van der Waals surface area contributed by atoms with E-state index in [2.05, 4.69) is 14.5 Å². The Morgan fingerprint density at radius 2 is 1.63 bits per heavy atom. The Balaban J connectivity index is 1.63. The van der Waals surface area contributed by atoms with Crippen molar-refractivity contribution in [3.05, 3.63) is 105 Å². The number of fused-ring (bicyclic) bond motifs is 2. The molecule has 30 heavy (non-hydrogen) atoms. The number of hydrogen-bond donors (Lipinski definition) is 1. The fourth-order valence-electron chi connectivity index (χ4n) is 3.70. The van der Waals surface area contributed by atoms with Crippen molar-refractivity contribution in [3.8, 4) is 11.4 Å². The van der Waals surface area contributed by atoms with E-state index in [1.165, 1.54) is 12.1 Å². The summed E-state index contributed by atoms with van der Waals surface area (Å²) in [5, 5.41) is 12.4. The lowest BCUT2D eigenvalue weighted by Crippen LogP contribution is -2.09. The van der Waals surface area contributed by atoms with Crippen molar-refractivity contribution >= 4 is 27.5 Å². The van der Waals surface area contributed by atoms with Crippen LogP contribution >= 0.6 is 0 Å². The Bertz CT molecular complexity index is 1470. The van der Waals surface area contributed by atoms with Gasteiger partial charge in [-0.2, -0.15) is 0 Å². The minimum Gasteiger partial charge on any atom is -0.342 e. The minimum atomic E-state index is -0.408. The lowest BCUT2D eigenvalue weighted by atomic mass is 10.1. The van der Waals surface area contributed by atoms with E-state index in [1.807, 2.05) is 48.7 Å². The summed E-state index contributed by atoms with van der Waals surface area (Å²) in [7, 11) is 0. The first kappa shape index (κ1) is 17.8. The molecule has 0 atom stereocenters. The monoisotopic (exact) mass is 396 g/mol. The van der Waals surface area contributed by atoms with Crippen molar-refractivity contribution in [3.63, 3.8) is 0 Å². The van der Waals surface area contributed by atoms with Gasteiger partial charge in [0.05, 0.1) is 15.8 Å². The summed E-state index contributed by atoms with van der Waals surface area (Å²) in [6, 6.07) is 21.7. The van der Waals surface area contributed by atoms with Crippen LogP contribution in [0.15, 0.2) is 83.8 Å². The number of nitro groups is 1. The molecule has 0 fully saturated rings. The first-order valence-electron chi connectivity index (χ1n) is 9.41. The fraction of sp³-hybridized carbons (Fsp3) is 0.0435. The van der Waals surface area contributed by atoms with Crippen LogP contribution in [0.4, 0.5) is 5.69 Å². The third-order valence-corrected chi connectivity index (χ3v) is 5.16. The van der Waals surface area contributed by atoms with Gasteiger partial charge in [-0.25, -0.2) is 4.98 Å². The van der Waals surface area contributed by atoms with E-state index in [0.717, 1.165) is 22.0 Å². The van der Waals surface area contributed by atoms with Crippen molar-refractivity contribution in [2.75, 3.05) is 0 Å². The lowest BCUT2D eigenvalue weighted by Gasteiger charge is -2.05. The highest BCUT2D eigenvalue weighted by atomic mass is 16.6. The van der Waals surface area contributed by atoms with Gasteiger partial charge in [-0.15, -0.1) is 0 Å². The van der Waals surface area contributed by atoms with Crippen LogP contribution in [0.2, 0.25) is 0 Å². The average molecular weight is 396 g/mol. The second-order valence-corrected chi connectivity index (χ2v) is 7.04. The van der Waals surface area contributed by atoms with Gasteiger partial charge in [-0.1, -0.05) is 42.5 Å². The van der Waals surface area contributed by atoms with Gasteiger partial charge in [0.15, 0.2) is 0 Å². The first-order chi connectivity index (χ1) is 14.6. The minimum absolute atomic E-state index is 0.0646. The number of para-hydroxylation sites is 2. The van der Waals surface area contributed by atoms with Crippen LogP contribution in [0.1, 0.15) is 5.56 Å². The lowest BCUT2D eigenvalue weighted by molar-refractivity contribution is -0.384. The number of non-ortho nitro benzene ring substituents is 1.